The van der Waals surface area contributed by atoms with Crippen LogP contribution in [0.1, 0.15) is 7.12 Å². The summed E-state index contributed by atoms with van der Waals surface area (Å²) < 4.78 is 5.69. The van der Waals surface area contributed by atoms with Crippen LogP contribution in [0.25, 0.3) is 22.4 Å². The van der Waals surface area contributed by atoms with Crippen LogP contribution < -0.4 is 15.0 Å². The predicted octanol–water partition coefficient (Wildman–Crippen LogP) is 6.12. The van der Waals surface area contributed by atoms with Crippen molar-refractivity contribution in [1.82, 2.24) is 15.0 Å². The Hall–Kier alpha value is -5.04. The molecule has 0 bridgehead atoms. The first kappa shape index (κ1) is 22.4. The average molecular weight is 488 g/mol. The fourth-order valence-electron chi connectivity index (χ4n) is 4.30. The van der Waals surface area contributed by atoms with Crippen molar-refractivity contribution in [2.75, 3.05) is 16.8 Å². The second-order valence-corrected chi connectivity index (χ2v) is 8.61. The second kappa shape index (κ2) is 9.91. The lowest BCUT2D eigenvalue weighted by atomic mass is 10.1. The third-order valence-corrected chi connectivity index (χ3v) is 6.13. The minimum absolute atomic E-state index is 0. The molecule has 37 heavy (non-hydrogen) atoms. The fourth-order valence-corrected chi connectivity index (χ4v) is 4.30. The van der Waals surface area contributed by atoms with Gasteiger partial charge >= 0.3 is 0 Å². The minimum Gasteiger partial charge on any atom is -0.482 e. The molecule has 1 aliphatic rings. The van der Waals surface area contributed by atoms with E-state index in [-0.39, 0.29) is 13.9 Å². The van der Waals surface area contributed by atoms with E-state index >= 15 is 0 Å². The normalized spacial score (nSPS) is 12.5. The van der Waals surface area contributed by atoms with Crippen molar-refractivity contribution in [3.05, 3.63) is 115 Å². The number of carbonyl (C=O) groups is 1. The zero-order chi connectivity index (χ0) is 25.0. The van der Waals surface area contributed by atoms with Gasteiger partial charge < -0.3 is 10.1 Å². The Labute approximate surface area is 215 Å². The van der Waals surface area contributed by atoms with Gasteiger partial charge in [-0.2, -0.15) is 0 Å². The van der Waals surface area contributed by atoms with E-state index in [1.807, 2.05) is 72.8 Å². The van der Waals surface area contributed by atoms with Crippen molar-refractivity contribution in [1.29, 1.82) is 0 Å². The summed E-state index contributed by atoms with van der Waals surface area (Å²) in [6, 6.07) is 31.6. The SMILES string of the molecule is O=C1COc2ccc(-c3ccnc(Nc4cccc(-c5ccccc5)c4)n3)cc2N1Cc1ccccn1.[HH]. The minimum atomic E-state index is -0.112. The Bertz CT molecular complexity index is 1560. The summed E-state index contributed by atoms with van der Waals surface area (Å²) >= 11 is 0. The number of hydrogen-bond donors (Lipinski definition) is 1. The smallest absolute Gasteiger partial charge is 0.265 e. The highest BCUT2D eigenvalue weighted by molar-refractivity contribution is 5.98. The molecule has 2 aromatic heterocycles. The van der Waals surface area contributed by atoms with Gasteiger partial charge in [0.15, 0.2) is 6.61 Å². The summed E-state index contributed by atoms with van der Waals surface area (Å²) in [5.74, 6) is 1.03. The van der Waals surface area contributed by atoms with E-state index in [9.17, 15) is 4.79 Å². The molecule has 7 heteroatoms. The van der Waals surface area contributed by atoms with E-state index in [2.05, 4.69) is 39.6 Å². The van der Waals surface area contributed by atoms with Crippen LogP contribution in [0.5, 0.6) is 5.75 Å². The Morgan fingerprint density at radius 2 is 1.68 bits per heavy atom. The third kappa shape index (κ3) is 4.88. The first-order valence-corrected chi connectivity index (χ1v) is 12.0. The highest BCUT2D eigenvalue weighted by Crippen LogP contribution is 2.36. The van der Waals surface area contributed by atoms with Crippen LogP contribution >= 0.6 is 0 Å². The number of fused-ring (bicyclic) bond motifs is 1. The maximum absolute atomic E-state index is 12.7. The van der Waals surface area contributed by atoms with E-state index in [0.29, 0.717) is 23.9 Å². The van der Waals surface area contributed by atoms with Crippen LogP contribution in [0.4, 0.5) is 17.3 Å². The van der Waals surface area contributed by atoms with Gasteiger partial charge in [0.05, 0.1) is 23.6 Å². The first-order chi connectivity index (χ1) is 18.2. The van der Waals surface area contributed by atoms with Gasteiger partial charge in [0.2, 0.25) is 5.95 Å². The van der Waals surface area contributed by atoms with E-state index in [0.717, 1.165) is 33.8 Å². The molecule has 3 heterocycles. The van der Waals surface area contributed by atoms with Crippen molar-refractivity contribution >= 4 is 23.2 Å². The van der Waals surface area contributed by atoms with E-state index in [1.165, 1.54) is 0 Å². The number of carbonyl (C=O) groups excluding carboxylic acids is 1. The van der Waals surface area contributed by atoms with Crippen molar-refractivity contribution in [2.24, 2.45) is 0 Å². The molecule has 0 saturated carbocycles. The molecule has 0 atom stereocenters. The third-order valence-electron chi connectivity index (χ3n) is 6.13. The van der Waals surface area contributed by atoms with Gasteiger partial charge in [-0.05, 0) is 59.7 Å². The molecule has 5 aromatic rings. The van der Waals surface area contributed by atoms with Gasteiger partial charge in [-0.3, -0.25) is 14.7 Å². The highest BCUT2D eigenvalue weighted by Gasteiger charge is 2.26. The van der Waals surface area contributed by atoms with Crippen LogP contribution in [0.3, 0.4) is 0 Å². The predicted molar refractivity (Wildman–Crippen MR) is 146 cm³/mol. The van der Waals surface area contributed by atoms with Gasteiger partial charge in [0, 0.05) is 25.1 Å². The molecular formula is C30H25N5O2. The Morgan fingerprint density at radius 1 is 0.811 bits per heavy atom. The zero-order valence-corrected chi connectivity index (χ0v) is 19.9. The molecular weight excluding hydrogens is 462 g/mol. The molecule has 6 rings (SSSR count). The molecule has 0 radical (unpaired) electrons. The average Bonchev–Trinajstić information content (AvgIpc) is 2.96. The molecule has 1 amide bonds. The molecule has 3 aromatic carbocycles. The van der Waals surface area contributed by atoms with Crippen molar-refractivity contribution in [2.45, 2.75) is 6.54 Å². The number of aromatic nitrogens is 3. The van der Waals surface area contributed by atoms with Gasteiger partial charge in [0.1, 0.15) is 5.75 Å². The summed E-state index contributed by atoms with van der Waals surface area (Å²) in [5, 5.41) is 3.32. The van der Waals surface area contributed by atoms with Gasteiger partial charge in [-0.25, -0.2) is 9.97 Å². The van der Waals surface area contributed by atoms with Crippen molar-refractivity contribution in [3.63, 3.8) is 0 Å². The summed E-state index contributed by atoms with van der Waals surface area (Å²) in [6.07, 6.45) is 3.45. The fraction of sp³-hybridized carbons (Fsp3) is 0.0667. The van der Waals surface area contributed by atoms with Crippen LogP contribution in [-0.4, -0.2) is 27.5 Å². The second-order valence-electron chi connectivity index (χ2n) is 8.61. The lowest BCUT2D eigenvalue weighted by molar-refractivity contribution is -0.121. The standard InChI is InChI=1S/C30H23N5O2.H2/c36-29-20-37-28-13-12-23(18-27(28)35(29)19-25-10-4-5-15-31-25)26-14-16-32-30(34-26)33-24-11-6-9-22(17-24)21-7-2-1-3-8-21;/h1-18H,19-20H2,(H,32,33,34);1H. The van der Waals surface area contributed by atoms with Crippen molar-refractivity contribution < 1.29 is 11.0 Å². The number of nitrogens with zero attached hydrogens (tertiary/aromatic N) is 4. The quantitative estimate of drug-likeness (QED) is 0.311. The number of anilines is 3. The van der Waals surface area contributed by atoms with E-state index in [4.69, 9.17) is 9.72 Å². The molecule has 0 spiro atoms. The van der Waals surface area contributed by atoms with Gasteiger partial charge in [0.25, 0.3) is 5.91 Å². The first-order valence-electron chi connectivity index (χ1n) is 12.0. The van der Waals surface area contributed by atoms with Crippen LogP contribution in [0.15, 0.2) is 109 Å². The monoisotopic (exact) mass is 487 g/mol. The number of pyridine rings is 1. The summed E-state index contributed by atoms with van der Waals surface area (Å²) in [5.41, 5.74) is 6.23. The van der Waals surface area contributed by atoms with Crippen molar-refractivity contribution in [3.8, 4) is 28.1 Å². The van der Waals surface area contributed by atoms with Gasteiger partial charge in [-0.15, -0.1) is 0 Å². The molecule has 182 valence electrons. The molecule has 7 nitrogen and oxygen atoms in total. The number of hydrogen-bond acceptors (Lipinski definition) is 6. The maximum atomic E-state index is 12.7. The zero-order valence-electron chi connectivity index (χ0n) is 19.9. The van der Waals surface area contributed by atoms with Crippen LogP contribution in [-0.2, 0) is 11.3 Å². The maximum Gasteiger partial charge on any atom is 0.265 e. The number of amides is 1. The Balaban J connectivity index is 0.00000294. The number of ether oxygens (including phenoxy) is 1. The Kier molecular flexibility index (Phi) is 6.01. The topological polar surface area (TPSA) is 80.2 Å². The van der Waals surface area contributed by atoms with E-state index in [1.54, 1.807) is 17.3 Å². The summed E-state index contributed by atoms with van der Waals surface area (Å²) in [6.45, 7) is 0.372. The number of benzene rings is 3. The van der Waals surface area contributed by atoms with Crippen LogP contribution in [0, 0.1) is 0 Å². The lowest BCUT2D eigenvalue weighted by Crippen LogP contribution is -2.38. The van der Waals surface area contributed by atoms with Crippen LogP contribution in [0.2, 0.25) is 0 Å². The molecule has 0 unspecified atom stereocenters. The highest BCUT2D eigenvalue weighted by atomic mass is 16.5. The molecule has 0 aliphatic carbocycles. The molecule has 0 saturated heterocycles. The Morgan fingerprint density at radius 3 is 2.54 bits per heavy atom. The lowest BCUT2D eigenvalue weighted by Gasteiger charge is -2.29. The largest absolute Gasteiger partial charge is 0.482 e. The number of nitrogens with one attached hydrogen (secondary N) is 1. The molecule has 1 aliphatic heterocycles. The number of rotatable bonds is 6. The summed E-state index contributed by atoms with van der Waals surface area (Å²) in [7, 11) is 0. The van der Waals surface area contributed by atoms with E-state index < -0.39 is 0 Å². The van der Waals surface area contributed by atoms with Gasteiger partial charge in [-0.1, -0.05) is 48.5 Å². The summed E-state index contributed by atoms with van der Waals surface area (Å²) in [4.78, 5) is 28.0. The molecule has 1 N–H and O–H groups in total. The molecule has 0 fully saturated rings.